The van der Waals surface area contributed by atoms with E-state index in [1.165, 1.54) is 11.3 Å². The number of nitrogens with one attached hydrogen (secondary N) is 2. The standard InChI is InChI=1S/C22H35N5O3/c1-9-23-22(25-14(2)10-18-15(3)26-27(5)16(18)4)24-13-17-11-20(29-7)21(30-8)12-19(17)28-6/h11-12,14H,9-10,13H2,1-8H3,(H2,23,24,25). The van der Waals surface area contributed by atoms with Crippen LogP contribution in [0.5, 0.6) is 17.2 Å². The van der Waals surface area contributed by atoms with Crippen LogP contribution in [-0.4, -0.2) is 49.7 Å². The van der Waals surface area contributed by atoms with E-state index in [4.69, 9.17) is 19.2 Å². The van der Waals surface area contributed by atoms with Gasteiger partial charge in [0.2, 0.25) is 0 Å². The van der Waals surface area contributed by atoms with E-state index < -0.39 is 0 Å². The van der Waals surface area contributed by atoms with Gasteiger partial charge in [-0.1, -0.05) is 0 Å². The predicted octanol–water partition coefficient (Wildman–Crippen LogP) is 2.75. The highest BCUT2D eigenvalue weighted by Crippen LogP contribution is 2.34. The van der Waals surface area contributed by atoms with Gasteiger partial charge in [0.15, 0.2) is 17.5 Å². The van der Waals surface area contributed by atoms with Crippen LogP contribution < -0.4 is 24.8 Å². The van der Waals surface area contributed by atoms with Crippen molar-refractivity contribution in [2.75, 3.05) is 27.9 Å². The number of nitrogens with zero attached hydrogens (tertiary/aromatic N) is 3. The number of aryl methyl sites for hydroxylation is 2. The maximum atomic E-state index is 5.51. The third kappa shape index (κ3) is 5.58. The molecule has 1 atom stereocenters. The summed E-state index contributed by atoms with van der Waals surface area (Å²) < 4.78 is 18.2. The Balaban J connectivity index is 2.17. The zero-order valence-electron chi connectivity index (χ0n) is 19.4. The molecule has 2 aromatic rings. The first-order valence-corrected chi connectivity index (χ1v) is 10.2. The molecule has 8 nitrogen and oxygen atoms in total. The molecule has 166 valence electrons. The lowest BCUT2D eigenvalue weighted by Gasteiger charge is -2.19. The van der Waals surface area contributed by atoms with Crippen LogP contribution in [0.15, 0.2) is 17.1 Å². The molecular weight excluding hydrogens is 382 g/mol. The smallest absolute Gasteiger partial charge is 0.191 e. The van der Waals surface area contributed by atoms with Gasteiger partial charge in [-0.25, -0.2) is 4.99 Å². The third-order valence-electron chi connectivity index (χ3n) is 5.09. The summed E-state index contributed by atoms with van der Waals surface area (Å²) in [7, 11) is 6.84. The Morgan fingerprint density at radius 1 is 1.10 bits per heavy atom. The maximum absolute atomic E-state index is 5.51. The highest BCUT2D eigenvalue weighted by atomic mass is 16.5. The first-order valence-electron chi connectivity index (χ1n) is 10.2. The molecule has 0 spiro atoms. The summed E-state index contributed by atoms with van der Waals surface area (Å²) >= 11 is 0. The van der Waals surface area contributed by atoms with Gasteiger partial charge in [0, 0.05) is 37.0 Å². The molecule has 1 aromatic carbocycles. The van der Waals surface area contributed by atoms with Crippen molar-refractivity contribution in [1.82, 2.24) is 20.4 Å². The largest absolute Gasteiger partial charge is 0.496 e. The zero-order chi connectivity index (χ0) is 22.3. The molecule has 8 heteroatoms. The fourth-order valence-electron chi connectivity index (χ4n) is 3.40. The quantitative estimate of drug-likeness (QED) is 0.482. The lowest BCUT2D eigenvalue weighted by Crippen LogP contribution is -2.43. The maximum Gasteiger partial charge on any atom is 0.191 e. The van der Waals surface area contributed by atoms with Gasteiger partial charge in [0.25, 0.3) is 0 Å². The molecule has 0 radical (unpaired) electrons. The highest BCUT2D eigenvalue weighted by Gasteiger charge is 2.15. The molecule has 30 heavy (non-hydrogen) atoms. The number of hydrogen-bond acceptors (Lipinski definition) is 5. The van der Waals surface area contributed by atoms with Crippen LogP contribution in [0.1, 0.15) is 36.4 Å². The topological polar surface area (TPSA) is 81.9 Å². The molecule has 0 fully saturated rings. The van der Waals surface area contributed by atoms with E-state index in [2.05, 4.69) is 36.5 Å². The first-order chi connectivity index (χ1) is 14.3. The van der Waals surface area contributed by atoms with Crippen molar-refractivity contribution in [1.29, 1.82) is 0 Å². The van der Waals surface area contributed by atoms with E-state index in [0.717, 1.165) is 30.2 Å². The number of rotatable bonds is 9. The van der Waals surface area contributed by atoms with E-state index in [1.807, 2.05) is 30.8 Å². The van der Waals surface area contributed by atoms with E-state index in [-0.39, 0.29) is 6.04 Å². The van der Waals surface area contributed by atoms with Gasteiger partial charge in [0.1, 0.15) is 5.75 Å². The zero-order valence-corrected chi connectivity index (χ0v) is 19.4. The van der Waals surface area contributed by atoms with Crippen molar-refractivity contribution < 1.29 is 14.2 Å². The van der Waals surface area contributed by atoms with Crippen molar-refractivity contribution in [2.24, 2.45) is 12.0 Å². The van der Waals surface area contributed by atoms with Crippen LogP contribution in [0, 0.1) is 13.8 Å². The van der Waals surface area contributed by atoms with Gasteiger partial charge in [-0.3, -0.25) is 4.68 Å². The Hall–Kier alpha value is -2.90. The second kappa shape index (κ2) is 10.8. The summed E-state index contributed by atoms with van der Waals surface area (Å²) in [6, 6.07) is 3.91. The van der Waals surface area contributed by atoms with Crippen LogP contribution in [0.4, 0.5) is 0 Å². The molecule has 0 saturated carbocycles. The second-order valence-electron chi connectivity index (χ2n) is 7.24. The Kier molecular flexibility index (Phi) is 8.38. The number of ether oxygens (including phenoxy) is 3. The van der Waals surface area contributed by atoms with Crippen molar-refractivity contribution in [3.8, 4) is 17.2 Å². The van der Waals surface area contributed by atoms with Gasteiger partial charge in [-0.15, -0.1) is 0 Å². The van der Waals surface area contributed by atoms with Crippen molar-refractivity contribution >= 4 is 5.96 Å². The molecule has 0 aliphatic rings. The molecule has 0 amide bonds. The number of methoxy groups -OCH3 is 3. The summed E-state index contributed by atoms with van der Waals surface area (Å²) in [6.45, 7) is 9.56. The second-order valence-corrected chi connectivity index (χ2v) is 7.24. The summed E-state index contributed by atoms with van der Waals surface area (Å²) in [4.78, 5) is 4.75. The van der Waals surface area contributed by atoms with Gasteiger partial charge in [-0.05, 0) is 45.7 Å². The minimum absolute atomic E-state index is 0.191. The van der Waals surface area contributed by atoms with Crippen molar-refractivity contribution in [2.45, 2.75) is 46.7 Å². The van der Waals surface area contributed by atoms with Gasteiger partial charge in [-0.2, -0.15) is 5.10 Å². The molecule has 1 heterocycles. The molecule has 2 N–H and O–H groups in total. The summed E-state index contributed by atoms with van der Waals surface area (Å²) in [5.41, 5.74) is 4.45. The van der Waals surface area contributed by atoms with Crippen LogP contribution in [0.25, 0.3) is 0 Å². The average Bonchev–Trinajstić information content (AvgIpc) is 2.97. The van der Waals surface area contributed by atoms with Crippen LogP contribution in [0.3, 0.4) is 0 Å². The number of guanidine groups is 1. The molecule has 0 saturated heterocycles. The van der Waals surface area contributed by atoms with Crippen LogP contribution in [-0.2, 0) is 20.0 Å². The van der Waals surface area contributed by atoms with Crippen LogP contribution in [0.2, 0.25) is 0 Å². The molecule has 0 bridgehead atoms. The lowest BCUT2D eigenvalue weighted by molar-refractivity contribution is 0.347. The van der Waals surface area contributed by atoms with E-state index >= 15 is 0 Å². The SMILES string of the molecule is CCNC(=NCc1cc(OC)c(OC)cc1OC)NC(C)Cc1c(C)nn(C)c1C. The molecule has 0 aliphatic carbocycles. The van der Waals surface area contributed by atoms with E-state index in [0.29, 0.717) is 23.8 Å². The number of aliphatic imine (C=N–C) groups is 1. The van der Waals surface area contributed by atoms with Crippen LogP contribution >= 0.6 is 0 Å². The highest BCUT2D eigenvalue weighted by molar-refractivity contribution is 5.80. The number of hydrogen-bond donors (Lipinski definition) is 2. The minimum Gasteiger partial charge on any atom is -0.496 e. The Bertz CT molecular complexity index is 876. The lowest BCUT2D eigenvalue weighted by atomic mass is 10.1. The van der Waals surface area contributed by atoms with Gasteiger partial charge < -0.3 is 24.8 Å². The third-order valence-corrected chi connectivity index (χ3v) is 5.09. The fraction of sp³-hybridized carbons (Fsp3) is 0.545. The molecule has 0 aliphatic heterocycles. The minimum atomic E-state index is 0.191. The fourth-order valence-corrected chi connectivity index (χ4v) is 3.40. The Morgan fingerprint density at radius 3 is 2.27 bits per heavy atom. The van der Waals surface area contributed by atoms with Crippen molar-refractivity contribution in [3.05, 3.63) is 34.6 Å². The molecule has 1 unspecified atom stereocenters. The molecule has 2 rings (SSSR count). The average molecular weight is 418 g/mol. The Labute approximate surface area is 179 Å². The van der Waals surface area contributed by atoms with E-state index in [9.17, 15) is 0 Å². The Morgan fingerprint density at radius 2 is 1.73 bits per heavy atom. The van der Waals surface area contributed by atoms with E-state index in [1.54, 1.807) is 21.3 Å². The predicted molar refractivity (Wildman–Crippen MR) is 120 cm³/mol. The summed E-state index contributed by atoms with van der Waals surface area (Å²) in [6.07, 6.45) is 0.871. The first kappa shape index (κ1) is 23.4. The molecular formula is C22H35N5O3. The number of benzene rings is 1. The monoisotopic (exact) mass is 417 g/mol. The van der Waals surface area contributed by atoms with Gasteiger partial charge in [0.05, 0.1) is 33.6 Å². The van der Waals surface area contributed by atoms with Crippen molar-refractivity contribution in [3.63, 3.8) is 0 Å². The summed E-state index contributed by atoms with van der Waals surface area (Å²) in [5.74, 6) is 2.74. The number of aromatic nitrogens is 2. The van der Waals surface area contributed by atoms with Gasteiger partial charge >= 0.3 is 0 Å². The summed E-state index contributed by atoms with van der Waals surface area (Å²) in [5, 5.41) is 11.3. The molecule has 1 aromatic heterocycles. The normalized spacial score (nSPS) is 12.5.